The molecular formula is C14H14ClN. The second kappa shape index (κ2) is 6.09. The van der Waals surface area contributed by atoms with Crippen molar-refractivity contribution < 1.29 is 17.0 Å². The van der Waals surface area contributed by atoms with Crippen molar-refractivity contribution in [1.82, 2.24) is 0 Å². The third kappa shape index (κ3) is 3.21. The van der Waals surface area contributed by atoms with Gasteiger partial charge in [0.15, 0.2) is 6.20 Å². The third-order valence-corrected chi connectivity index (χ3v) is 2.34. The van der Waals surface area contributed by atoms with Crippen molar-refractivity contribution in [2.45, 2.75) is 0 Å². The first kappa shape index (κ1) is 12.5. The summed E-state index contributed by atoms with van der Waals surface area (Å²) in [6, 6.07) is 16.5. The van der Waals surface area contributed by atoms with Crippen LogP contribution >= 0.6 is 0 Å². The van der Waals surface area contributed by atoms with Crippen molar-refractivity contribution in [3.8, 4) is 0 Å². The SMILES string of the molecule is C[n+]1ccccc1C=Cc1ccccc1.[Cl-]. The van der Waals surface area contributed by atoms with Crippen LogP contribution in [-0.4, -0.2) is 0 Å². The van der Waals surface area contributed by atoms with Gasteiger partial charge in [0.1, 0.15) is 7.05 Å². The standard InChI is InChI=1S/C14H14N.ClH/c1-15-12-6-5-9-14(15)11-10-13-7-3-2-4-8-13;/h2-12H,1H3;1H/q+1;/p-1. The van der Waals surface area contributed by atoms with E-state index in [1.807, 2.05) is 43.6 Å². The van der Waals surface area contributed by atoms with E-state index in [4.69, 9.17) is 0 Å². The summed E-state index contributed by atoms with van der Waals surface area (Å²) in [5.41, 5.74) is 2.42. The molecule has 16 heavy (non-hydrogen) atoms. The van der Waals surface area contributed by atoms with Crippen LogP contribution in [0.25, 0.3) is 12.2 Å². The molecule has 1 heterocycles. The van der Waals surface area contributed by atoms with E-state index in [9.17, 15) is 0 Å². The Bertz CT molecular complexity index is 463. The van der Waals surface area contributed by atoms with E-state index in [2.05, 4.69) is 34.9 Å². The van der Waals surface area contributed by atoms with Crippen LogP contribution in [0, 0.1) is 0 Å². The van der Waals surface area contributed by atoms with Crippen LogP contribution in [0.3, 0.4) is 0 Å². The summed E-state index contributed by atoms with van der Waals surface area (Å²) >= 11 is 0. The van der Waals surface area contributed by atoms with Crippen LogP contribution in [0.1, 0.15) is 11.3 Å². The quantitative estimate of drug-likeness (QED) is 0.625. The first-order valence-corrected chi connectivity index (χ1v) is 5.04. The van der Waals surface area contributed by atoms with E-state index in [1.165, 1.54) is 11.3 Å². The fourth-order valence-corrected chi connectivity index (χ4v) is 1.46. The van der Waals surface area contributed by atoms with Crippen LogP contribution in [-0.2, 0) is 7.05 Å². The Balaban J connectivity index is 0.00000128. The minimum atomic E-state index is 0. The summed E-state index contributed by atoms with van der Waals surface area (Å²) < 4.78 is 2.10. The number of nitrogens with zero attached hydrogens (tertiary/aromatic N) is 1. The summed E-state index contributed by atoms with van der Waals surface area (Å²) in [5.74, 6) is 0. The Morgan fingerprint density at radius 1 is 0.875 bits per heavy atom. The number of halogens is 1. The van der Waals surface area contributed by atoms with Gasteiger partial charge >= 0.3 is 0 Å². The van der Waals surface area contributed by atoms with E-state index in [0.29, 0.717) is 0 Å². The molecule has 2 rings (SSSR count). The normalized spacial score (nSPS) is 10.1. The maximum atomic E-state index is 2.12. The third-order valence-electron chi connectivity index (χ3n) is 2.34. The van der Waals surface area contributed by atoms with E-state index >= 15 is 0 Å². The fourth-order valence-electron chi connectivity index (χ4n) is 1.46. The van der Waals surface area contributed by atoms with E-state index in [0.717, 1.165) is 0 Å². The van der Waals surface area contributed by atoms with Gasteiger partial charge in [-0.3, -0.25) is 0 Å². The Labute approximate surface area is 102 Å². The molecule has 0 saturated carbocycles. The number of pyridine rings is 1. The molecule has 0 aliphatic heterocycles. The number of aromatic nitrogens is 1. The molecule has 82 valence electrons. The Kier molecular flexibility index (Phi) is 4.74. The zero-order valence-electron chi connectivity index (χ0n) is 9.18. The lowest BCUT2D eigenvalue weighted by Gasteiger charge is -1.93. The van der Waals surface area contributed by atoms with Crippen LogP contribution in [0.15, 0.2) is 54.7 Å². The molecule has 0 N–H and O–H groups in total. The molecule has 0 aliphatic carbocycles. The summed E-state index contributed by atoms with van der Waals surface area (Å²) in [6.45, 7) is 0. The van der Waals surface area contributed by atoms with Gasteiger partial charge in [0, 0.05) is 18.2 Å². The summed E-state index contributed by atoms with van der Waals surface area (Å²) in [5, 5.41) is 0. The van der Waals surface area contributed by atoms with Gasteiger partial charge in [-0.25, -0.2) is 4.57 Å². The molecule has 2 heteroatoms. The highest BCUT2D eigenvalue weighted by Gasteiger charge is 1.97. The fraction of sp³-hybridized carbons (Fsp3) is 0.0714. The molecule has 0 unspecified atom stereocenters. The average Bonchev–Trinajstić information content (AvgIpc) is 2.29. The molecule has 0 aliphatic rings. The van der Waals surface area contributed by atoms with Gasteiger partial charge in [0.05, 0.1) is 0 Å². The number of rotatable bonds is 2. The van der Waals surface area contributed by atoms with Crippen molar-refractivity contribution in [3.05, 3.63) is 66.0 Å². The highest BCUT2D eigenvalue weighted by atomic mass is 35.5. The molecule has 0 amide bonds. The predicted octanol–water partition coefficient (Wildman–Crippen LogP) is -0.315. The monoisotopic (exact) mass is 231 g/mol. The first-order chi connectivity index (χ1) is 7.36. The zero-order valence-corrected chi connectivity index (χ0v) is 9.93. The molecule has 0 spiro atoms. The van der Waals surface area contributed by atoms with Crippen molar-refractivity contribution in [2.24, 2.45) is 7.05 Å². The molecule has 0 radical (unpaired) electrons. The maximum absolute atomic E-state index is 2.12. The summed E-state index contributed by atoms with van der Waals surface area (Å²) in [7, 11) is 2.05. The second-order valence-electron chi connectivity index (χ2n) is 3.48. The van der Waals surface area contributed by atoms with E-state index in [1.54, 1.807) is 0 Å². The van der Waals surface area contributed by atoms with Gasteiger partial charge in [0.25, 0.3) is 0 Å². The summed E-state index contributed by atoms with van der Waals surface area (Å²) in [6.07, 6.45) is 6.29. The molecule has 0 saturated heterocycles. The Morgan fingerprint density at radius 3 is 2.25 bits per heavy atom. The number of hydrogen-bond acceptors (Lipinski definition) is 0. The highest BCUT2D eigenvalue weighted by molar-refractivity contribution is 5.66. The predicted molar refractivity (Wildman–Crippen MR) is 63.0 cm³/mol. The van der Waals surface area contributed by atoms with Crippen LogP contribution in [0.5, 0.6) is 0 Å². The van der Waals surface area contributed by atoms with Crippen molar-refractivity contribution in [2.75, 3.05) is 0 Å². The van der Waals surface area contributed by atoms with Gasteiger partial charge in [-0.15, -0.1) is 0 Å². The summed E-state index contributed by atoms with van der Waals surface area (Å²) in [4.78, 5) is 0. The maximum Gasteiger partial charge on any atom is 0.204 e. The topological polar surface area (TPSA) is 3.88 Å². The van der Waals surface area contributed by atoms with E-state index in [-0.39, 0.29) is 12.4 Å². The van der Waals surface area contributed by atoms with Crippen LogP contribution in [0.2, 0.25) is 0 Å². The number of benzene rings is 1. The Hall–Kier alpha value is -1.60. The second-order valence-corrected chi connectivity index (χ2v) is 3.48. The van der Waals surface area contributed by atoms with Gasteiger partial charge < -0.3 is 12.4 Å². The smallest absolute Gasteiger partial charge is 0.204 e. The van der Waals surface area contributed by atoms with Crippen LogP contribution in [0.4, 0.5) is 0 Å². The minimum Gasteiger partial charge on any atom is -1.00 e. The largest absolute Gasteiger partial charge is 1.00 e. The lowest BCUT2D eigenvalue weighted by Crippen LogP contribution is -3.00. The molecule has 1 aromatic heterocycles. The lowest BCUT2D eigenvalue weighted by atomic mass is 10.2. The molecular weight excluding hydrogens is 218 g/mol. The zero-order chi connectivity index (χ0) is 10.5. The molecule has 0 bridgehead atoms. The van der Waals surface area contributed by atoms with Gasteiger partial charge in [-0.1, -0.05) is 30.3 Å². The minimum absolute atomic E-state index is 0. The molecule has 1 aromatic carbocycles. The molecule has 2 aromatic rings. The molecule has 1 nitrogen and oxygen atoms in total. The van der Waals surface area contributed by atoms with Crippen molar-refractivity contribution in [1.29, 1.82) is 0 Å². The lowest BCUT2D eigenvalue weighted by molar-refractivity contribution is -0.673. The molecule has 0 fully saturated rings. The number of hydrogen-bond donors (Lipinski definition) is 0. The molecule has 0 atom stereocenters. The van der Waals surface area contributed by atoms with Crippen LogP contribution < -0.4 is 17.0 Å². The van der Waals surface area contributed by atoms with Gasteiger partial charge in [-0.05, 0) is 17.7 Å². The first-order valence-electron chi connectivity index (χ1n) is 5.04. The van der Waals surface area contributed by atoms with Crippen molar-refractivity contribution in [3.63, 3.8) is 0 Å². The highest BCUT2D eigenvalue weighted by Crippen LogP contribution is 2.04. The average molecular weight is 232 g/mol. The number of aryl methyl sites for hydroxylation is 1. The van der Waals surface area contributed by atoms with Crippen molar-refractivity contribution >= 4 is 12.2 Å². The van der Waals surface area contributed by atoms with Gasteiger partial charge in [-0.2, -0.15) is 0 Å². The van der Waals surface area contributed by atoms with E-state index < -0.39 is 0 Å². The van der Waals surface area contributed by atoms with Gasteiger partial charge in [0.2, 0.25) is 5.69 Å². The Morgan fingerprint density at radius 2 is 1.56 bits per heavy atom.